The first-order valence-electron chi connectivity index (χ1n) is 6.44. The minimum atomic E-state index is 0.128. The summed E-state index contributed by atoms with van der Waals surface area (Å²) in [5, 5.41) is 3.39. The Labute approximate surface area is 116 Å². The summed E-state index contributed by atoms with van der Waals surface area (Å²) in [7, 11) is 0. The Kier molecular flexibility index (Phi) is 4.12. The number of hydrogen-bond acceptors (Lipinski definition) is 2. The second kappa shape index (κ2) is 5.45. The van der Waals surface area contributed by atoms with Gasteiger partial charge in [0, 0.05) is 42.4 Å². The van der Waals surface area contributed by atoms with Crippen molar-refractivity contribution in [1.29, 1.82) is 0 Å². The second-order valence-electron chi connectivity index (χ2n) is 4.81. The molecule has 1 fully saturated rings. The van der Waals surface area contributed by atoms with E-state index in [0.717, 1.165) is 29.8 Å². The summed E-state index contributed by atoms with van der Waals surface area (Å²) in [5.41, 5.74) is 0.769. The summed E-state index contributed by atoms with van der Waals surface area (Å²) in [6.07, 6.45) is 1.96. The van der Waals surface area contributed by atoms with E-state index in [0.29, 0.717) is 6.04 Å². The molecule has 0 bridgehead atoms. The maximum atomic E-state index is 12.6. The van der Waals surface area contributed by atoms with Crippen LogP contribution in [-0.4, -0.2) is 40.5 Å². The lowest BCUT2D eigenvalue weighted by Gasteiger charge is -2.38. The Morgan fingerprint density at radius 3 is 2.94 bits per heavy atom. The van der Waals surface area contributed by atoms with E-state index in [9.17, 15) is 4.79 Å². The van der Waals surface area contributed by atoms with Gasteiger partial charge in [0.15, 0.2) is 0 Å². The molecule has 2 heterocycles. The van der Waals surface area contributed by atoms with Crippen LogP contribution in [0.5, 0.6) is 0 Å². The lowest BCUT2D eigenvalue weighted by Crippen LogP contribution is -2.57. The van der Waals surface area contributed by atoms with E-state index in [4.69, 9.17) is 0 Å². The highest BCUT2D eigenvalue weighted by Gasteiger charge is 2.30. The number of halogens is 1. The molecule has 5 heteroatoms. The molecule has 2 atom stereocenters. The number of carbonyl (C=O) groups is 1. The van der Waals surface area contributed by atoms with Crippen LogP contribution in [0.4, 0.5) is 0 Å². The van der Waals surface area contributed by atoms with E-state index in [1.54, 1.807) is 0 Å². The third kappa shape index (κ3) is 2.47. The topological polar surface area (TPSA) is 37.3 Å². The average molecular weight is 314 g/mol. The molecule has 1 aromatic heterocycles. The molecule has 1 aliphatic heterocycles. The monoisotopic (exact) mass is 313 g/mol. The van der Waals surface area contributed by atoms with Crippen LogP contribution in [0.2, 0.25) is 0 Å². The number of nitrogens with one attached hydrogen (secondary N) is 1. The zero-order valence-electron chi connectivity index (χ0n) is 11.1. The van der Waals surface area contributed by atoms with Crippen molar-refractivity contribution >= 4 is 21.8 Å². The molecule has 18 heavy (non-hydrogen) atoms. The van der Waals surface area contributed by atoms with Gasteiger partial charge in [-0.1, -0.05) is 0 Å². The number of aryl methyl sites for hydroxylation is 1. The molecule has 2 rings (SSSR count). The standard InChI is InChI=1S/C13H20BrN3O/c1-4-16-8-11(14)7-12(16)13(18)17-6-5-15-9(2)10(17)3/h7-10,15H,4-6H2,1-3H3. The summed E-state index contributed by atoms with van der Waals surface area (Å²) in [4.78, 5) is 14.6. The van der Waals surface area contributed by atoms with Crippen molar-refractivity contribution in [2.24, 2.45) is 0 Å². The molecular weight excluding hydrogens is 294 g/mol. The molecule has 0 aromatic carbocycles. The van der Waals surface area contributed by atoms with Gasteiger partial charge in [-0.3, -0.25) is 4.79 Å². The van der Waals surface area contributed by atoms with Crippen molar-refractivity contribution in [3.8, 4) is 0 Å². The summed E-state index contributed by atoms with van der Waals surface area (Å²) < 4.78 is 2.95. The summed E-state index contributed by atoms with van der Waals surface area (Å²) in [5.74, 6) is 0.128. The van der Waals surface area contributed by atoms with E-state index < -0.39 is 0 Å². The fourth-order valence-electron chi connectivity index (χ4n) is 2.41. The molecular formula is C13H20BrN3O. The number of rotatable bonds is 2. The molecule has 1 N–H and O–H groups in total. The average Bonchev–Trinajstić information content (AvgIpc) is 2.73. The first kappa shape index (κ1) is 13.6. The predicted octanol–water partition coefficient (Wildman–Crippen LogP) is 2.09. The zero-order valence-corrected chi connectivity index (χ0v) is 12.7. The zero-order chi connectivity index (χ0) is 13.3. The largest absolute Gasteiger partial charge is 0.343 e. The third-order valence-electron chi connectivity index (χ3n) is 3.72. The van der Waals surface area contributed by atoms with Crippen LogP contribution in [0.3, 0.4) is 0 Å². The van der Waals surface area contributed by atoms with Crippen LogP contribution in [0.15, 0.2) is 16.7 Å². The number of nitrogens with zero attached hydrogens (tertiary/aromatic N) is 2. The van der Waals surface area contributed by atoms with Gasteiger partial charge in [-0.15, -0.1) is 0 Å². The van der Waals surface area contributed by atoms with Gasteiger partial charge in [0.2, 0.25) is 0 Å². The van der Waals surface area contributed by atoms with Crippen molar-refractivity contribution < 1.29 is 4.79 Å². The molecule has 1 aromatic rings. The van der Waals surface area contributed by atoms with Crippen molar-refractivity contribution in [2.45, 2.75) is 39.4 Å². The van der Waals surface area contributed by atoms with Crippen LogP contribution < -0.4 is 5.32 Å². The van der Waals surface area contributed by atoms with Gasteiger partial charge in [0.05, 0.1) is 0 Å². The number of amides is 1. The van der Waals surface area contributed by atoms with E-state index in [2.05, 4.69) is 35.1 Å². The Morgan fingerprint density at radius 1 is 1.56 bits per heavy atom. The molecule has 2 unspecified atom stereocenters. The van der Waals surface area contributed by atoms with Gasteiger partial charge in [0.1, 0.15) is 5.69 Å². The minimum absolute atomic E-state index is 0.128. The van der Waals surface area contributed by atoms with Gasteiger partial charge >= 0.3 is 0 Å². The summed E-state index contributed by atoms with van der Waals surface area (Å²) >= 11 is 3.44. The third-order valence-corrected chi connectivity index (χ3v) is 4.15. The quantitative estimate of drug-likeness (QED) is 0.908. The van der Waals surface area contributed by atoms with Crippen LogP contribution in [0.25, 0.3) is 0 Å². The Hall–Kier alpha value is -0.810. The maximum Gasteiger partial charge on any atom is 0.270 e. The highest BCUT2D eigenvalue weighted by molar-refractivity contribution is 9.10. The molecule has 0 saturated carbocycles. The number of carbonyl (C=O) groups excluding carboxylic acids is 1. The normalized spacial score (nSPS) is 24.3. The number of piperazine rings is 1. The summed E-state index contributed by atoms with van der Waals surface area (Å²) in [6, 6.07) is 2.48. The van der Waals surface area contributed by atoms with Gasteiger partial charge < -0.3 is 14.8 Å². The molecule has 0 aliphatic carbocycles. The Bertz CT molecular complexity index is 443. The SMILES string of the molecule is CCn1cc(Br)cc1C(=O)N1CCNC(C)C1C. The van der Waals surface area contributed by atoms with Gasteiger partial charge in [0.25, 0.3) is 5.91 Å². The second-order valence-corrected chi connectivity index (χ2v) is 5.73. The fourth-order valence-corrected chi connectivity index (χ4v) is 2.87. The van der Waals surface area contributed by atoms with Crippen LogP contribution in [-0.2, 0) is 6.54 Å². The molecule has 100 valence electrons. The first-order chi connectivity index (χ1) is 8.54. The predicted molar refractivity (Wildman–Crippen MR) is 75.8 cm³/mol. The van der Waals surface area contributed by atoms with Crippen LogP contribution in [0, 0.1) is 0 Å². The van der Waals surface area contributed by atoms with E-state index in [-0.39, 0.29) is 11.9 Å². The number of hydrogen-bond donors (Lipinski definition) is 1. The highest BCUT2D eigenvalue weighted by atomic mass is 79.9. The van der Waals surface area contributed by atoms with Crippen LogP contribution >= 0.6 is 15.9 Å². The summed E-state index contributed by atoms with van der Waals surface area (Å²) in [6.45, 7) is 8.72. The lowest BCUT2D eigenvalue weighted by molar-refractivity contribution is 0.0592. The lowest BCUT2D eigenvalue weighted by atomic mass is 10.1. The molecule has 0 spiro atoms. The van der Waals surface area contributed by atoms with Crippen molar-refractivity contribution in [1.82, 2.24) is 14.8 Å². The minimum Gasteiger partial charge on any atom is -0.343 e. The molecule has 1 aliphatic rings. The van der Waals surface area contributed by atoms with Crippen LogP contribution in [0.1, 0.15) is 31.3 Å². The molecule has 1 saturated heterocycles. The maximum absolute atomic E-state index is 12.6. The highest BCUT2D eigenvalue weighted by Crippen LogP contribution is 2.19. The molecule has 4 nitrogen and oxygen atoms in total. The van der Waals surface area contributed by atoms with E-state index in [1.165, 1.54) is 0 Å². The van der Waals surface area contributed by atoms with Gasteiger partial charge in [-0.25, -0.2) is 0 Å². The number of aromatic nitrogens is 1. The van der Waals surface area contributed by atoms with Crippen molar-refractivity contribution in [3.63, 3.8) is 0 Å². The van der Waals surface area contributed by atoms with Gasteiger partial charge in [-0.05, 0) is 42.8 Å². The van der Waals surface area contributed by atoms with Gasteiger partial charge in [-0.2, -0.15) is 0 Å². The van der Waals surface area contributed by atoms with Crippen molar-refractivity contribution in [3.05, 3.63) is 22.4 Å². The first-order valence-corrected chi connectivity index (χ1v) is 7.24. The molecule has 0 radical (unpaired) electrons. The van der Waals surface area contributed by atoms with Crippen molar-refractivity contribution in [2.75, 3.05) is 13.1 Å². The Morgan fingerprint density at radius 2 is 2.28 bits per heavy atom. The van der Waals surface area contributed by atoms with E-state index >= 15 is 0 Å². The van der Waals surface area contributed by atoms with E-state index in [1.807, 2.05) is 28.7 Å². The smallest absolute Gasteiger partial charge is 0.270 e. The Balaban J connectivity index is 2.24. The molecule has 1 amide bonds. The fraction of sp³-hybridized carbons (Fsp3) is 0.615.